The lowest BCUT2D eigenvalue weighted by atomic mass is 10.0. The van der Waals surface area contributed by atoms with Gasteiger partial charge in [-0.3, -0.25) is 14.5 Å². The van der Waals surface area contributed by atoms with Crippen LogP contribution in [0.25, 0.3) is 0 Å². The number of aryl methyl sites for hydroxylation is 1. The van der Waals surface area contributed by atoms with Crippen LogP contribution in [-0.2, 0) is 0 Å². The lowest BCUT2D eigenvalue weighted by Gasteiger charge is -2.34. The van der Waals surface area contributed by atoms with E-state index in [0.717, 1.165) is 44.2 Å². The van der Waals surface area contributed by atoms with Gasteiger partial charge in [-0.2, -0.15) is 0 Å². The molecule has 1 aliphatic carbocycles. The predicted molar refractivity (Wildman–Crippen MR) is 95.2 cm³/mol. The van der Waals surface area contributed by atoms with Crippen molar-refractivity contribution in [2.24, 2.45) is 11.8 Å². The molecule has 0 bridgehead atoms. The van der Waals surface area contributed by atoms with Gasteiger partial charge in [0.05, 0.1) is 0 Å². The van der Waals surface area contributed by atoms with E-state index in [1.165, 1.54) is 12.8 Å². The molecule has 24 heavy (non-hydrogen) atoms. The highest BCUT2D eigenvalue weighted by Crippen LogP contribution is 2.32. The summed E-state index contributed by atoms with van der Waals surface area (Å²) in [4.78, 5) is 32.2. The molecule has 1 aliphatic heterocycles. The van der Waals surface area contributed by atoms with Crippen LogP contribution in [0.3, 0.4) is 0 Å². The maximum absolute atomic E-state index is 12.9. The Morgan fingerprint density at radius 2 is 2.04 bits per heavy atom. The summed E-state index contributed by atoms with van der Waals surface area (Å²) >= 11 is 0. The molecular formula is C19H29N3O2. The molecule has 1 saturated heterocycles. The molecule has 2 aliphatic rings. The zero-order chi connectivity index (χ0) is 17.3. The molecule has 0 spiro atoms. The Balaban J connectivity index is 1.77. The molecule has 1 aromatic heterocycles. The van der Waals surface area contributed by atoms with Crippen molar-refractivity contribution in [1.29, 1.82) is 0 Å². The molecule has 1 amide bonds. The van der Waals surface area contributed by atoms with E-state index in [0.29, 0.717) is 12.0 Å². The minimum absolute atomic E-state index is 0.129. The van der Waals surface area contributed by atoms with Crippen LogP contribution in [0, 0.1) is 18.8 Å². The summed E-state index contributed by atoms with van der Waals surface area (Å²) in [6.45, 7) is 9.96. The van der Waals surface area contributed by atoms with Crippen molar-refractivity contribution in [3.63, 3.8) is 0 Å². The molecule has 5 nitrogen and oxygen atoms in total. The van der Waals surface area contributed by atoms with Gasteiger partial charge in [0, 0.05) is 37.9 Å². The van der Waals surface area contributed by atoms with E-state index in [9.17, 15) is 9.59 Å². The molecule has 0 radical (unpaired) electrons. The molecule has 1 aromatic rings. The molecular weight excluding hydrogens is 302 g/mol. The van der Waals surface area contributed by atoms with Crippen LogP contribution < -0.4 is 5.56 Å². The van der Waals surface area contributed by atoms with Gasteiger partial charge in [-0.1, -0.05) is 13.8 Å². The quantitative estimate of drug-likeness (QED) is 0.921. The predicted octanol–water partition coefficient (Wildman–Crippen LogP) is 2.27. The van der Waals surface area contributed by atoms with E-state index in [2.05, 4.69) is 23.7 Å². The van der Waals surface area contributed by atoms with Crippen molar-refractivity contribution >= 4 is 5.91 Å². The van der Waals surface area contributed by atoms with E-state index in [4.69, 9.17) is 0 Å². The van der Waals surface area contributed by atoms with Gasteiger partial charge in [-0.05, 0) is 50.2 Å². The van der Waals surface area contributed by atoms with Crippen LogP contribution in [0.2, 0.25) is 0 Å². The second-order valence-corrected chi connectivity index (χ2v) is 7.74. The van der Waals surface area contributed by atoms with Crippen LogP contribution >= 0.6 is 0 Å². The summed E-state index contributed by atoms with van der Waals surface area (Å²) in [6.07, 6.45) is 3.68. The van der Waals surface area contributed by atoms with Crippen molar-refractivity contribution in [2.45, 2.75) is 46.1 Å². The number of aromatic amines is 1. The smallest absolute Gasteiger partial charge is 0.260 e. The molecule has 3 rings (SSSR count). The van der Waals surface area contributed by atoms with Crippen LogP contribution in [0.5, 0.6) is 0 Å². The first-order valence-electron chi connectivity index (χ1n) is 9.19. The van der Waals surface area contributed by atoms with Crippen molar-refractivity contribution in [3.05, 3.63) is 33.7 Å². The summed E-state index contributed by atoms with van der Waals surface area (Å²) in [7, 11) is 0. The Morgan fingerprint density at radius 3 is 2.67 bits per heavy atom. The van der Waals surface area contributed by atoms with Crippen LogP contribution in [0.15, 0.2) is 16.9 Å². The first-order chi connectivity index (χ1) is 11.5. The van der Waals surface area contributed by atoms with Gasteiger partial charge in [0.2, 0.25) is 0 Å². The Hall–Kier alpha value is -1.62. The van der Waals surface area contributed by atoms with Gasteiger partial charge in [-0.25, -0.2) is 0 Å². The second-order valence-electron chi connectivity index (χ2n) is 7.74. The zero-order valence-corrected chi connectivity index (χ0v) is 15.0. The molecule has 2 heterocycles. The van der Waals surface area contributed by atoms with Gasteiger partial charge >= 0.3 is 0 Å². The van der Waals surface area contributed by atoms with E-state index in [1.54, 1.807) is 12.1 Å². The minimum Gasteiger partial charge on any atom is -0.337 e. The fourth-order valence-electron chi connectivity index (χ4n) is 3.65. The molecule has 1 saturated carbocycles. The lowest BCUT2D eigenvalue weighted by Crippen LogP contribution is -2.47. The average molecular weight is 331 g/mol. The van der Waals surface area contributed by atoms with Gasteiger partial charge in [-0.15, -0.1) is 0 Å². The molecule has 2 fully saturated rings. The van der Waals surface area contributed by atoms with Crippen molar-refractivity contribution < 1.29 is 4.79 Å². The van der Waals surface area contributed by atoms with Gasteiger partial charge in [0.1, 0.15) is 5.56 Å². The molecule has 0 aromatic carbocycles. The number of pyridine rings is 1. The Morgan fingerprint density at radius 1 is 1.29 bits per heavy atom. The van der Waals surface area contributed by atoms with E-state index in [-0.39, 0.29) is 17.0 Å². The van der Waals surface area contributed by atoms with Crippen molar-refractivity contribution in [3.8, 4) is 0 Å². The average Bonchev–Trinajstić information content (AvgIpc) is 3.34. The fraction of sp³-hybridized carbons (Fsp3) is 0.684. The third-order valence-corrected chi connectivity index (χ3v) is 5.28. The Labute approximate surface area is 144 Å². The van der Waals surface area contributed by atoms with E-state index >= 15 is 0 Å². The number of hydrogen-bond donors (Lipinski definition) is 1. The van der Waals surface area contributed by atoms with Crippen molar-refractivity contribution in [1.82, 2.24) is 14.8 Å². The lowest BCUT2D eigenvalue weighted by molar-refractivity contribution is 0.0702. The van der Waals surface area contributed by atoms with Crippen molar-refractivity contribution in [2.75, 3.05) is 26.2 Å². The molecule has 1 N–H and O–H groups in total. The first kappa shape index (κ1) is 17.2. The summed E-state index contributed by atoms with van der Waals surface area (Å²) in [5.41, 5.74) is 0.766. The number of hydrogen-bond acceptors (Lipinski definition) is 3. The summed E-state index contributed by atoms with van der Waals surface area (Å²) in [6, 6.07) is 3.83. The number of aromatic nitrogens is 1. The molecule has 0 unspecified atom stereocenters. The number of nitrogens with zero attached hydrogens (tertiary/aromatic N) is 2. The number of rotatable bonds is 4. The fourth-order valence-corrected chi connectivity index (χ4v) is 3.65. The highest BCUT2D eigenvalue weighted by molar-refractivity contribution is 5.93. The van der Waals surface area contributed by atoms with Crippen LogP contribution in [-0.4, -0.2) is 52.9 Å². The van der Waals surface area contributed by atoms with E-state index in [1.807, 2.05) is 11.8 Å². The topological polar surface area (TPSA) is 56.4 Å². The maximum Gasteiger partial charge on any atom is 0.260 e. The zero-order valence-electron chi connectivity index (χ0n) is 15.0. The second kappa shape index (κ2) is 7.09. The van der Waals surface area contributed by atoms with Crippen LogP contribution in [0.4, 0.5) is 0 Å². The number of amides is 1. The third-order valence-electron chi connectivity index (χ3n) is 5.28. The standard InChI is InChI=1S/C19H29N3O2/c1-13(2)17-12-22(10-4-9-21(17)11-15-6-7-15)19(24)16-8-5-14(3)20-18(16)23/h5,8,13,15,17H,4,6-7,9-12H2,1-3H3,(H,20,23)/t17-/m1/s1. The number of carbonyl (C=O) groups is 1. The highest BCUT2D eigenvalue weighted by atomic mass is 16.2. The number of nitrogens with one attached hydrogen (secondary N) is 1. The van der Waals surface area contributed by atoms with Gasteiger partial charge < -0.3 is 9.88 Å². The first-order valence-corrected chi connectivity index (χ1v) is 9.19. The highest BCUT2D eigenvalue weighted by Gasteiger charge is 2.33. The van der Waals surface area contributed by atoms with Gasteiger partial charge in [0.15, 0.2) is 0 Å². The summed E-state index contributed by atoms with van der Waals surface area (Å²) in [5.74, 6) is 1.22. The Bertz CT molecular complexity index is 648. The largest absolute Gasteiger partial charge is 0.337 e. The Kier molecular flexibility index (Phi) is 5.09. The molecule has 1 atom stereocenters. The SMILES string of the molecule is Cc1ccc(C(=O)N2CCCN(CC3CC3)[C@@H](C(C)C)C2)c(=O)[nH]1. The number of H-pyrrole nitrogens is 1. The number of carbonyl (C=O) groups excluding carboxylic acids is 1. The van der Waals surface area contributed by atoms with Crippen LogP contribution in [0.1, 0.15) is 49.2 Å². The minimum atomic E-state index is -0.278. The third kappa shape index (κ3) is 3.89. The molecule has 132 valence electrons. The van der Waals surface area contributed by atoms with E-state index < -0.39 is 0 Å². The molecule has 5 heteroatoms. The maximum atomic E-state index is 12.9. The van der Waals surface area contributed by atoms with Gasteiger partial charge in [0.25, 0.3) is 11.5 Å². The summed E-state index contributed by atoms with van der Waals surface area (Å²) in [5, 5.41) is 0. The summed E-state index contributed by atoms with van der Waals surface area (Å²) < 4.78 is 0. The normalized spacial score (nSPS) is 22.7. The monoisotopic (exact) mass is 331 g/mol.